The van der Waals surface area contributed by atoms with Gasteiger partial charge in [-0.3, -0.25) is 4.79 Å². The van der Waals surface area contributed by atoms with E-state index in [0.29, 0.717) is 17.4 Å². The zero-order valence-electron chi connectivity index (χ0n) is 15.2. The van der Waals surface area contributed by atoms with Crippen LogP contribution in [0.25, 0.3) is 11.5 Å². The molecule has 2 aromatic heterocycles. The molecule has 0 radical (unpaired) electrons. The Morgan fingerprint density at radius 2 is 2.08 bits per heavy atom. The van der Waals surface area contributed by atoms with Crippen molar-refractivity contribution in [3.8, 4) is 11.5 Å². The Hall–Kier alpha value is -2.31. The minimum absolute atomic E-state index is 0.00583. The van der Waals surface area contributed by atoms with E-state index in [1.54, 1.807) is 6.07 Å². The third kappa shape index (κ3) is 5.09. The van der Waals surface area contributed by atoms with Crippen LogP contribution in [0.3, 0.4) is 0 Å². The number of carboxylic acids is 1. The van der Waals surface area contributed by atoms with Crippen LogP contribution in [0.2, 0.25) is 0 Å². The van der Waals surface area contributed by atoms with Crippen LogP contribution in [-0.2, 0) is 4.79 Å². The number of nitrogens with zero attached hydrogens (tertiary/aromatic N) is 4. The molecule has 26 heavy (non-hydrogen) atoms. The van der Waals surface area contributed by atoms with Gasteiger partial charge in [0.2, 0.25) is 11.7 Å². The molecule has 1 N–H and O–H groups in total. The zero-order valence-corrected chi connectivity index (χ0v) is 15.2. The molecule has 0 spiro atoms. The smallest absolute Gasteiger partial charge is 0.304 e. The number of aliphatic carboxylic acids is 1. The minimum atomic E-state index is -0.845. The molecule has 0 bridgehead atoms. The molecule has 0 saturated heterocycles. The summed E-state index contributed by atoms with van der Waals surface area (Å²) in [5.74, 6) is 0.428. The number of hydrogen-bond donors (Lipinski definition) is 1. The standard InChI is InChI=1S/C19H26N4O3/c1-13-10-11-16(22-21-13)18-20-19(26-23-18)15(12-17(24)25)9-5-8-14-6-3-2-4-7-14/h10-11,14-15H,2-9,12H2,1H3,(H,24,25)/t15-/m1/s1. The maximum absolute atomic E-state index is 11.2. The molecule has 1 fully saturated rings. The summed E-state index contributed by atoms with van der Waals surface area (Å²) in [5.41, 5.74) is 1.34. The molecule has 1 atom stereocenters. The first kappa shape index (κ1) is 18.5. The SMILES string of the molecule is Cc1ccc(-c2noc([C@H](CCCC3CCCCC3)CC(=O)O)n2)nn1. The fourth-order valence-electron chi connectivity index (χ4n) is 3.68. The Balaban J connectivity index is 1.63. The van der Waals surface area contributed by atoms with Crippen molar-refractivity contribution in [1.29, 1.82) is 0 Å². The molecule has 0 aliphatic heterocycles. The number of rotatable bonds is 8. The van der Waals surface area contributed by atoms with Gasteiger partial charge in [0.15, 0.2) is 0 Å². The second kappa shape index (κ2) is 8.87. The van der Waals surface area contributed by atoms with Gasteiger partial charge in [0, 0.05) is 5.92 Å². The van der Waals surface area contributed by atoms with E-state index in [4.69, 9.17) is 4.52 Å². The lowest BCUT2D eigenvalue weighted by atomic mass is 9.84. The Labute approximate surface area is 153 Å². The Kier molecular flexibility index (Phi) is 6.30. The van der Waals surface area contributed by atoms with E-state index in [0.717, 1.165) is 30.9 Å². The third-order valence-corrected chi connectivity index (χ3v) is 5.13. The summed E-state index contributed by atoms with van der Waals surface area (Å²) < 4.78 is 5.36. The molecule has 140 valence electrons. The highest BCUT2D eigenvalue weighted by atomic mass is 16.5. The zero-order chi connectivity index (χ0) is 18.4. The van der Waals surface area contributed by atoms with Crippen molar-refractivity contribution < 1.29 is 14.4 Å². The quantitative estimate of drug-likeness (QED) is 0.756. The normalized spacial score (nSPS) is 16.5. The largest absolute Gasteiger partial charge is 0.481 e. The predicted molar refractivity (Wildman–Crippen MR) is 95.5 cm³/mol. The number of aromatic nitrogens is 4. The van der Waals surface area contributed by atoms with Crippen molar-refractivity contribution in [3.05, 3.63) is 23.7 Å². The summed E-state index contributed by atoms with van der Waals surface area (Å²) in [6.45, 7) is 1.85. The van der Waals surface area contributed by atoms with Gasteiger partial charge in [-0.15, -0.1) is 5.10 Å². The Bertz CT molecular complexity index is 708. The van der Waals surface area contributed by atoms with Crippen LogP contribution in [0.5, 0.6) is 0 Å². The first-order valence-electron chi connectivity index (χ1n) is 9.48. The molecule has 0 amide bonds. The fraction of sp³-hybridized carbons (Fsp3) is 0.632. The lowest BCUT2D eigenvalue weighted by Crippen LogP contribution is -2.10. The molecule has 1 aliphatic carbocycles. The predicted octanol–water partition coefficient (Wildman–Crippen LogP) is 4.14. The number of aryl methyl sites for hydroxylation is 1. The van der Waals surface area contributed by atoms with Crippen molar-refractivity contribution in [3.63, 3.8) is 0 Å². The van der Waals surface area contributed by atoms with Crippen molar-refractivity contribution >= 4 is 5.97 Å². The highest BCUT2D eigenvalue weighted by Crippen LogP contribution is 2.31. The van der Waals surface area contributed by atoms with E-state index < -0.39 is 5.97 Å². The second-order valence-electron chi connectivity index (χ2n) is 7.25. The average Bonchev–Trinajstić information content (AvgIpc) is 3.12. The lowest BCUT2D eigenvalue weighted by molar-refractivity contribution is -0.137. The first-order valence-corrected chi connectivity index (χ1v) is 9.48. The Morgan fingerprint density at radius 3 is 2.77 bits per heavy atom. The topological polar surface area (TPSA) is 102 Å². The average molecular weight is 358 g/mol. The van der Waals surface area contributed by atoms with Gasteiger partial charge in [-0.1, -0.05) is 50.1 Å². The van der Waals surface area contributed by atoms with Crippen LogP contribution in [0.15, 0.2) is 16.7 Å². The van der Waals surface area contributed by atoms with Gasteiger partial charge in [-0.25, -0.2) is 0 Å². The summed E-state index contributed by atoms with van der Waals surface area (Å²) in [7, 11) is 0. The maximum Gasteiger partial charge on any atom is 0.304 e. The molecule has 0 aromatic carbocycles. The van der Waals surface area contributed by atoms with E-state index in [1.807, 2.05) is 13.0 Å². The van der Waals surface area contributed by atoms with E-state index in [1.165, 1.54) is 32.1 Å². The third-order valence-electron chi connectivity index (χ3n) is 5.13. The van der Waals surface area contributed by atoms with Gasteiger partial charge in [0.1, 0.15) is 5.69 Å². The van der Waals surface area contributed by atoms with Gasteiger partial charge < -0.3 is 9.63 Å². The van der Waals surface area contributed by atoms with E-state index in [2.05, 4.69) is 20.3 Å². The first-order chi connectivity index (χ1) is 12.6. The van der Waals surface area contributed by atoms with Crippen LogP contribution in [-0.4, -0.2) is 31.4 Å². The van der Waals surface area contributed by atoms with Crippen LogP contribution in [0.4, 0.5) is 0 Å². The summed E-state index contributed by atoms with van der Waals surface area (Å²) in [6.07, 6.45) is 9.52. The van der Waals surface area contributed by atoms with Crippen LogP contribution >= 0.6 is 0 Å². The molecular formula is C19H26N4O3. The molecule has 2 heterocycles. The monoisotopic (exact) mass is 358 g/mol. The summed E-state index contributed by atoms with van der Waals surface area (Å²) >= 11 is 0. The molecule has 7 nitrogen and oxygen atoms in total. The summed E-state index contributed by atoms with van der Waals surface area (Å²) in [5, 5.41) is 21.2. The Morgan fingerprint density at radius 1 is 1.27 bits per heavy atom. The molecular weight excluding hydrogens is 332 g/mol. The second-order valence-corrected chi connectivity index (χ2v) is 7.25. The van der Waals surface area contributed by atoms with Gasteiger partial charge in [0.25, 0.3) is 0 Å². The van der Waals surface area contributed by atoms with Crippen LogP contribution < -0.4 is 0 Å². The van der Waals surface area contributed by atoms with Gasteiger partial charge >= 0.3 is 5.97 Å². The molecule has 3 rings (SSSR count). The highest BCUT2D eigenvalue weighted by Gasteiger charge is 2.23. The van der Waals surface area contributed by atoms with E-state index >= 15 is 0 Å². The van der Waals surface area contributed by atoms with Gasteiger partial charge in [0.05, 0.1) is 12.1 Å². The van der Waals surface area contributed by atoms with Crippen LogP contribution in [0, 0.1) is 12.8 Å². The highest BCUT2D eigenvalue weighted by molar-refractivity contribution is 5.67. The van der Waals surface area contributed by atoms with Crippen molar-refractivity contribution in [2.24, 2.45) is 5.92 Å². The minimum Gasteiger partial charge on any atom is -0.481 e. The fourth-order valence-corrected chi connectivity index (χ4v) is 3.68. The molecule has 0 unspecified atom stereocenters. The summed E-state index contributed by atoms with van der Waals surface area (Å²) in [4.78, 5) is 15.6. The van der Waals surface area contributed by atoms with Gasteiger partial charge in [-0.05, 0) is 31.4 Å². The summed E-state index contributed by atoms with van der Waals surface area (Å²) in [6, 6.07) is 3.61. The van der Waals surface area contributed by atoms with Crippen LogP contribution in [0.1, 0.15) is 75.3 Å². The number of carbonyl (C=O) groups is 1. The van der Waals surface area contributed by atoms with Gasteiger partial charge in [-0.2, -0.15) is 10.1 Å². The van der Waals surface area contributed by atoms with Crippen molar-refractivity contribution in [2.75, 3.05) is 0 Å². The maximum atomic E-state index is 11.2. The lowest BCUT2D eigenvalue weighted by Gasteiger charge is -2.21. The molecule has 2 aromatic rings. The molecule has 7 heteroatoms. The van der Waals surface area contributed by atoms with Crippen molar-refractivity contribution in [1.82, 2.24) is 20.3 Å². The van der Waals surface area contributed by atoms with E-state index in [-0.39, 0.29) is 12.3 Å². The molecule has 1 aliphatic rings. The molecule has 1 saturated carbocycles. The number of hydrogen-bond acceptors (Lipinski definition) is 6. The van der Waals surface area contributed by atoms with E-state index in [9.17, 15) is 9.90 Å². The number of carboxylic acid groups (broad SMARTS) is 1. The van der Waals surface area contributed by atoms with Crippen molar-refractivity contribution in [2.45, 2.75) is 70.6 Å².